The average Bonchev–Trinajstić information content (AvgIpc) is 2.98. The predicted molar refractivity (Wildman–Crippen MR) is 152 cm³/mol. The van der Waals surface area contributed by atoms with Gasteiger partial charge in [-0.05, 0) is 47.9 Å². The lowest BCUT2D eigenvalue weighted by Gasteiger charge is -2.31. The van der Waals surface area contributed by atoms with E-state index in [4.69, 9.17) is 0 Å². The van der Waals surface area contributed by atoms with Gasteiger partial charge in [0.05, 0.1) is 24.6 Å². The fourth-order valence-corrected chi connectivity index (χ4v) is 4.42. The molecule has 0 aliphatic carbocycles. The molecule has 0 spiro atoms. The number of amides is 3. The maximum absolute atomic E-state index is 14.1. The van der Waals surface area contributed by atoms with Gasteiger partial charge in [-0.15, -0.1) is 0 Å². The topological polar surface area (TPSA) is 125 Å². The van der Waals surface area contributed by atoms with E-state index in [9.17, 15) is 28.3 Å². The van der Waals surface area contributed by atoms with Crippen molar-refractivity contribution in [3.05, 3.63) is 108 Å². The number of carbonyl (C=O) groups is 3. The van der Waals surface area contributed by atoms with Crippen LogP contribution in [0.4, 0.5) is 8.78 Å². The van der Waals surface area contributed by atoms with Gasteiger partial charge in [0, 0.05) is 43.0 Å². The molecule has 2 atom stereocenters. The number of nitrogens with zero attached hydrogens (tertiary/aromatic N) is 3. The molecule has 0 saturated heterocycles. The molecule has 0 bridgehead atoms. The molecule has 0 saturated carbocycles. The minimum Gasteiger partial charge on any atom is -0.381 e. The summed E-state index contributed by atoms with van der Waals surface area (Å²) in [6, 6.07) is 19.4. The van der Waals surface area contributed by atoms with Crippen molar-refractivity contribution >= 4 is 28.6 Å². The van der Waals surface area contributed by atoms with E-state index in [2.05, 4.69) is 20.6 Å². The number of hydrogen-bond acceptors (Lipinski definition) is 6. The first kappa shape index (κ1) is 30.2. The Morgan fingerprint density at radius 1 is 0.976 bits per heavy atom. The zero-order valence-electron chi connectivity index (χ0n) is 22.9. The molecule has 3 N–H and O–H groups in total. The fraction of sp³-hybridized carbons (Fsp3) is 0.258. The van der Waals surface area contributed by atoms with E-state index in [1.54, 1.807) is 85.2 Å². The van der Waals surface area contributed by atoms with E-state index >= 15 is 0 Å². The lowest BCUT2D eigenvalue weighted by molar-refractivity contribution is -0.149. The number of nitrogens with one attached hydrogen (secondary N) is 2. The van der Waals surface area contributed by atoms with Crippen LogP contribution in [0.5, 0.6) is 0 Å². The Kier molecular flexibility index (Phi) is 9.87. The number of fused-ring (bicyclic) bond motifs is 1. The molecule has 0 aliphatic rings. The molecule has 2 heterocycles. The van der Waals surface area contributed by atoms with Crippen molar-refractivity contribution < 1.29 is 28.3 Å². The lowest BCUT2D eigenvalue weighted by atomic mass is 9.99. The van der Waals surface area contributed by atoms with Gasteiger partial charge in [-0.3, -0.25) is 24.4 Å². The number of halogens is 2. The van der Waals surface area contributed by atoms with Crippen molar-refractivity contribution in [2.45, 2.75) is 38.0 Å². The smallest absolute Gasteiger partial charge is 0.262 e. The highest BCUT2D eigenvalue weighted by Crippen LogP contribution is 2.18. The van der Waals surface area contributed by atoms with E-state index in [-0.39, 0.29) is 18.5 Å². The van der Waals surface area contributed by atoms with Crippen molar-refractivity contribution in [2.75, 3.05) is 13.1 Å². The summed E-state index contributed by atoms with van der Waals surface area (Å²) >= 11 is 0. The summed E-state index contributed by atoms with van der Waals surface area (Å²) in [5.74, 6) is -5.74. The van der Waals surface area contributed by atoms with Gasteiger partial charge < -0.3 is 20.6 Å². The second-order valence-electron chi connectivity index (χ2n) is 10.0. The summed E-state index contributed by atoms with van der Waals surface area (Å²) in [6.45, 7) is -1.13. The number of benzene rings is 2. The molecule has 2 aromatic heterocycles. The molecular weight excluding hydrogens is 544 g/mol. The van der Waals surface area contributed by atoms with Gasteiger partial charge >= 0.3 is 0 Å². The third kappa shape index (κ3) is 8.61. The maximum atomic E-state index is 14.1. The predicted octanol–water partition coefficient (Wildman–Crippen LogP) is 3.13. The normalized spacial score (nSPS) is 12.8. The molecular formula is C31H31F2N5O4. The third-order valence-corrected chi connectivity index (χ3v) is 6.44. The zero-order chi connectivity index (χ0) is 30.1. The van der Waals surface area contributed by atoms with Gasteiger partial charge in [0.2, 0.25) is 5.91 Å². The Labute approximate surface area is 241 Å². The number of rotatable bonds is 12. The van der Waals surface area contributed by atoms with E-state index in [0.29, 0.717) is 28.5 Å². The van der Waals surface area contributed by atoms with Gasteiger partial charge in [-0.2, -0.15) is 0 Å². The molecule has 42 heavy (non-hydrogen) atoms. The Balaban J connectivity index is 1.53. The van der Waals surface area contributed by atoms with Crippen LogP contribution < -0.4 is 10.6 Å². The van der Waals surface area contributed by atoms with Crippen LogP contribution in [0.3, 0.4) is 0 Å². The van der Waals surface area contributed by atoms with Crippen LogP contribution >= 0.6 is 0 Å². The molecule has 3 amide bonds. The lowest BCUT2D eigenvalue weighted by Crippen LogP contribution is -2.55. The quantitative estimate of drug-likeness (QED) is 0.239. The number of aromatic nitrogens is 2. The summed E-state index contributed by atoms with van der Waals surface area (Å²) in [7, 11) is 0. The number of aliphatic hydroxyl groups is 1. The van der Waals surface area contributed by atoms with Crippen molar-refractivity contribution in [1.29, 1.82) is 0 Å². The fourth-order valence-electron chi connectivity index (χ4n) is 4.42. The van der Waals surface area contributed by atoms with Crippen LogP contribution in [-0.4, -0.2) is 68.9 Å². The molecule has 4 rings (SSSR count). The Morgan fingerprint density at radius 3 is 2.43 bits per heavy atom. The molecule has 0 radical (unpaired) electrons. The number of hydrogen-bond donors (Lipinski definition) is 3. The van der Waals surface area contributed by atoms with Crippen LogP contribution in [0.25, 0.3) is 10.9 Å². The first-order valence-corrected chi connectivity index (χ1v) is 13.3. The zero-order valence-corrected chi connectivity index (χ0v) is 22.9. The Morgan fingerprint density at radius 2 is 1.71 bits per heavy atom. The molecule has 2 aromatic carbocycles. The largest absolute Gasteiger partial charge is 0.381 e. The van der Waals surface area contributed by atoms with Crippen LogP contribution in [0.15, 0.2) is 91.4 Å². The van der Waals surface area contributed by atoms with Crippen LogP contribution in [0.2, 0.25) is 0 Å². The monoisotopic (exact) mass is 575 g/mol. The first-order chi connectivity index (χ1) is 20.1. The molecule has 4 aromatic rings. The summed E-state index contributed by atoms with van der Waals surface area (Å²) in [5.41, 5.74) is 2.32. The number of pyridine rings is 2. The maximum Gasteiger partial charge on any atom is 0.262 e. The standard InChI is InChI=1S/C31H31F2N5O4/c1-31(32,33)20-38(19-27(39)36-18-22-9-5-13-34-17-22)30(42)28(40)26(15-21-7-3-2-4-8-21)37-29(41)24-11-12-25-23(16-24)10-6-14-35-25/h2-14,16-17,26,28,40H,15,18-20H2,1H3,(H,36,39)(H,37,41). The van der Waals surface area contributed by atoms with Crippen molar-refractivity contribution in [3.8, 4) is 0 Å². The highest BCUT2D eigenvalue weighted by Gasteiger charge is 2.36. The van der Waals surface area contributed by atoms with E-state index in [1.807, 2.05) is 0 Å². The summed E-state index contributed by atoms with van der Waals surface area (Å²) in [6.07, 6.45) is 2.83. The minimum absolute atomic E-state index is 0.0260. The summed E-state index contributed by atoms with van der Waals surface area (Å²) < 4.78 is 28.2. The van der Waals surface area contributed by atoms with Gasteiger partial charge in [-0.1, -0.05) is 42.5 Å². The number of aliphatic hydroxyl groups excluding tert-OH is 1. The molecule has 0 fully saturated rings. The van der Waals surface area contributed by atoms with Gasteiger partial charge in [-0.25, -0.2) is 8.78 Å². The molecule has 2 unspecified atom stereocenters. The highest BCUT2D eigenvalue weighted by molar-refractivity contribution is 5.98. The second kappa shape index (κ2) is 13.7. The van der Waals surface area contributed by atoms with Gasteiger partial charge in [0.25, 0.3) is 17.7 Å². The van der Waals surface area contributed by atoms with E-state index in [0.717, 1.165) is 5.39 Å². The van der Waals surface area contributed by atoms with Crippen molar-refractivity contribution in [3.63, 3.8) is 0 Å². The molecule has 218 valence electrons. The van der Waals surface area contributed by atoms with Crippen molar-refractivity contribution in [1.82, 2.24) is 25.5 Å². The SMILES string of the molecule is CC(F)(F)CN(CC(=O)NCc1cccnc1)C(=O)C(O)C(Cc1ccccc1)NC(=O)c1ccc2ncccc2c1. The van der Waals surface area contributed by atoms with Gasteiger partial charge in [0.1, 0.15) is 0 Å². The Hall–Kier alpha value is -4.77. The molecule has 0 aliphatic heterocycles. The second-order valence-corrected chi connectivity index (χ2v) is 10.0. The van der Waals surface area contributed by atoms with E-state index in [1.165, 1.54) is 6.20 Å². The minimum atomic E-state index is -3.35. The van der Waals surface area contributed by atoms with Crippen molar-refractivity contribution in [2.24, 2.45) is 0 Å². The Bertz CT molecular complexity index is 1520. The first-order valence-electron chi connectivity index (χ1n) is 13.3. The highest BCUT2D eigenvalue weighted by atomic mass is 19.3. The van der Waals surface area contributed by atoms with Crippen LogP contribution in [0, 0.1) is 0 Å². The average molecular weight is 576 g/mol. The van der Waals surface area contributed by atoms with E-state index < -0.39 is 48.9 Å². The summed E-state index contributed by atoms with van der Waals surface area (Å²) in [4.78, 5) is 48.1. The third-order valence-electron chi connectivity index (χ3n) is 6.44. The summed E-state index contributed by atoms with van der Waals surface area (Å²) in [5, 5.41) is 17.2. The van der Waals surface area contributed by atoms with Gasteiger partial charge in [0.15, 0.2) is 6.10 Å². The number of alkyl halides is 2. The number of carbonyl (C=O) groups excluding carboxylic acids is 3. The molecule has 11 heteroatoms. The van der Waals surface area contributed by atoms with Crippen LogP contribution in [0.1, 0.15) is 28.4 Å². The van der Waals surface area contributed by atoms with Crippen LogP contribution in [-0.2, 0) is 22.6 Å². The molecule has 9 nitrogen and oxygen atoms in total.